The third-order valence-corrected chi connectivity index (χ3v) is 4.23. The smallest absolute Gasteiger partial charge is 0.194 e. The normalized spacial score (nSPS) is 11.2. The Hall–Kier alpha value is -2.73. The third kappa shape index (κ3) is 6.46. The van der Waals surface area contributed by atoms with E-state index in [1.54, 1.807) is 7.11 Å². The maximum atomic E-state index is 8.92. The lowest BCUT2D eigenvalue weighted by Gasteiger charge is -2.22. The van der Waals surface area contributed by atoms with Crippen LogP contribution in [0.25, 0.3) is 0 Å². The van der Waals surface area contributed by atoms with E-state index in [1.165, 1.54) is 11.1 Å². The number of hydrogen-bond donors (Lipinski definition) is 2. The van der Waals surface area contributed by atoms with E-state index in [1.807, 2.05) is 25.2 Å². The Morgan fingerprint density at radius 3 is 2.46 bits per heavy atom. The molecule has 0 aromatic heterocycles. The summed E-state index contributed by atoms with van der Waals surface area (Å²) in [6.07, 6.45) is 0. The quantitative estimate of drug-likeness (QED) is 0.513. The summed E-state index contributed by atoms with van der Waals surface area (Å²) < 4.78 is 10.9. The maximum absolute atomic E-state index is 8.92. The molecule has 152 valence electrons. The van der Waals surface area contributed by atoms with Crippen molar-refractivity contribution in [2.75, 3.05) is 33.9 Å². The standard InChI is InChI=1S/C22H31N3O3/c1-5-23-22(25(3)16-18-8-6-17(2)7-9-18)24-15-19-10-11-20(28-13-12-26)21(14-19)27-4/h6-11,14,26H,5,12-13,15-16H2,1-4H3,(H,23,24). The van der Waals surface area contributed by atoms with Crippen molar-refractivity contribution in [1.29, 1.82) is 0 Å². The van der Waals surface area contributed by atoms with Gasteiger partial charge >= 0.3 is 0 Å². The van der Waals surface area contributed by atoms with Crippen LogP contribution in [-0.2, 0) is 13.1 Å². The largest absolute Gasteiger partial charge is 0.493 e. The van der Waals surface area contributed by atoms with Gasteiger partial charge in [-0.25, -0.2) is 4.99 Å². The number of aliphatic hydroxyl groups is 1. The second-order valence-electron chi connectivity index (χ2n) is 6.57. The third-order valence-electron chi connectivity index (χ3n) is 4.23. The van der Waals surface area contributed by atoms with Gasteiger partial charge in [0.1, 0.15) is 6.61 Å². The van der Waals surface area contributed by atoms with Gasteiger partial charge in [0.15, 0.2) is 17.5 Å². The second-order valence-corrected chi connectivity index (χ2v) is 6.57. The highest BCUT2D eigenvalue weighted by atomic mass is 16.5. The van der Waals surface area contributed by atoms with Crippen LogP contribution in [0.15, 0.2) is 47.5 Å². The molecule has 2 aromatic carbocycles. The van der Waals surface area contributed by atoms with Crippen molar-refractivity contribution in [2.24, 2.45) is 4.99 Å². The molecule has 2 rings (SSSR count). The first-order valence-electron chi connectivity index (χ1n) is 9.53. The number of aliphatic hydroxyl groups excluding tert-OH is 1. The Balaban J connectivity index is 2.09. The molecule has 0 fully saturated rings. The minimum atomic E-state index is -0.0332. The summed E-state index contributed by atoms with van der Waals surface area (Å²) in [6, 6.07) is 14.3. The summed E-state index contributed by atoms with van der Waals surface area (Å²) >= 11 is 0. The van der Waals surface area contributed by atoms with Gasteiger partial charge in [-0.15, -0.1) is 0 Å². The average Bonchev–Trinajstić information content (AvgIpc) is 2.71. The highest BCUT2D eigenvalue weighted by Gasteiger charge is 2.09. The number of hydrogen-bond acceptors (Lipinski definition) is 4. The van der Waals surface area contributed by atoms with Gasteiger partial charge in [0.2, 0.25) is 0 Å². The van der Waals surface area contributed by atoms with E-state index < -0.39 is 0 Å². The molecule has 0 bridgehead atoms. The number of nitrogens with zero attached hydrogens (tertiary/aromatic N) is 2. The number of aryl methyl sites for hydroxylation is 1. The van der Waals surface area contributed by atoms with Crippen LogP contribution in [0.2, 0.25) is 0 Å². The van der Waals surface area contributed by atoms with E-state index in [2.05, 4.69) is 48.3 Å². The maximum Gasteiger partial charge on any atom is 0.194 e. The second kappa shape index (κ2) is 11.2. The topological polar surface area (TPSA) is 66.3 Å². The molecule has 6 heteroatoms. The van der Waals surface area contributed by atoms with Gasteiger partial charge in [-0.1, -0.05) is 35.9 Å². The average molecular weight is 386 g/mol. The number of guanidine groups is 1. The fourth-order valence-corrected chi connectivity index (χ4v) is 2.76. The van der Waals surface area contributed by atoms with E-state index >= 15 is 0 Å². The van der Waals surface area contributed by atoms with Crippen molar-refractivity contribution >= 4 is 5.96 Å². The molecule has 0 atom stereocenters. The molecular weight excluding hydrogens is 354 g/mol. The van der Waals surface area contributed by atoms with Gasteiger partial charge in [-0.2, -0.15) is 0 Å². The Morgan fingerprint density at radius 1 is 1.11 bits per heavy atom. The highest BCUT2D eigenvalue weighted by Crippen LogP contribution is 2.28. The van der Waals surface area contributed by atoms with Crippen LogP contribution in [0, 0.1) is 6.92 Å². The SMILES string of the molecule is CCNC(=NCc1ccc(OCCO)c(OC)c1)N(C)Cc1ccc(C)cc1. The fraction of sp³-hybridized carbons (Fsp3) is 0.409. The highest BCUT2D eigenvalue weighted by molar-refractivity contribution is 5.79. The van der Waals surface area contributed by atoms with E-state index in [0.29, 0.717) is 18.0 Å². The number of benzene rings is 2. The van der Waals surface area contributed by atoms with Crippen LogP contribution in [0.5, 0.6) is 11.5 Å². The molecule has 0 saturated carbocycles. The Bertz CT molecular complexity index is 760. The molecule has 0 heterocycles. The fourth-order valence-electron chi connectivity index (χ4n) is 2.76. The minimum absolute atomic E-state index is 0.0332. The zero-order valence-corrected chi connectivity index (χ0v) is 17.2. The molecular formula is C22H31N3O3. The number of nitrogens with one attached hydrogen (secondary N) is 1. The molecule has 2 aromatic rings. The molecule has 0 aliphatic heterocycles. The molecule has 28 heavy (non-hydrogen) atoms. The number of methoxy groups -OCH3 is 1. The molecule has 0 aliphatic carbocycles. The summed E-state index contributed by atoms with van der Waals surface area (Å²) in [5.74, 6) is 2.11. The minimum Gasteiger partial charge on any atom is -0.493 e. The summed E-state index contributed by atoms with van der Waals surface area (Å²) in [5.41, 5.74) is 3.52. The first kappa shape index (κ1) is 21.6. The van der Waals surface area contributed by atoms with Crippen molar-refractivity contribution in [3.63, 3.8) is 0 Å². The predicted octanol–water partition coefficient (Wildman–Crippen LogP) is 2.97. The van der Waals surface area contributed by atoms with E-state index in [4.69, 9.17) is 19.6 Å². The van der Waals surface area contributed by atoms with Crippen LogP contribution in [0.4, 0.5) is 0 Å². The van der Waals surface area contributed by atoms with Crippen LogP contribution >= 0.6 is 0 Å². The molecule has 0 unspecified atom stereocenters. The summed E-state index contributed by atoms with van der Waals surface area (Å²) in [7, 11) is 3.64. The van der Waals surface area contributed by atoms with Gasteiger partial charge < -0.3 is 24.8 Å². The van der Waals surface area contributed by atoms with Crippen molar-refractivity contribution in [2.45, 2.75) is 26.9 Å². The van der Waals surface area contributed by atoms with Gasteiger partial charge in [0.25, 0.3) is 0 Å². The van der Waals surface area contributed by atoms with Crippen molar-refractivity contribution in [1.82, 2.24) is 10.2 Å². The Labute approximate surface area is 167 Å². The van der Waals surface area contributed by atoms with Gasteiger partial charge in [-0.3, -0.25) is 0 Å². The molecule has 0 aliphatic rings. The lowest BCUT2D eigenvalue weighted by molar-refractivity contribution is 0.196. The molecule has 0 saturated heterocycles. The van der Waals surface area contributed by atoms with Crippen LogP contribution < -0.4 is 14.8 Å². The van der Waals surface area contributed by atoms with Gasteiger partial charge in [0, 0.05) is 20.1 Å². The van der Waals surface area contributed by atoms with E-state index in [-0.39, 0.29) is 13.2 Å². The van der Waals surface area contributed by atoms with Gasteiger partial charge in [-0.05, 0) is 37.1 Å². The number of ether oxygens (including phenoxy) is 2. The Morgan fingerprint density at radius 2 is 1.82 bits per heavy atom. The molecule has 0 radical (unpaired) electrons. The zero-order valence-electron chi connectivity index (χ0n) is 17.2. The molecule has 6 nitrogen and oxygen atoms in total. The van der Waals surface area contributed by atoms with Crippen LogP contribution in [-0.4, -0.2) is 49.9 Å². The first-order chi connectivity index (χ1) is 13.6. The predicted molar refractivity (Wildman–Crippen MR) is 113 cm³/mol. The van der Waals surface area contributed by atoms with Gasteiger partial charge in [0.05, 0.1) is 20.3 Å². The molecule has 0 spiro atoms. The zero-order chi connectivity index (χ0) is 20.4. The van der Waals surface area contributed by atoms with E-state index in [0.717, 1.165) is 24.6 Å². The molecule has 0 amide bonds. The number of aliphatic imine (C=N–C) groups is 1. The summed E-state index contributed by atoms with van der Waals surface area (Å²) in [4.78, 5) is 6.87. The lowest BCUT2D eigenvalue weighted by atomic mass is 10.1. The van der Waals surface area contributed by atoms with Crippen LogP contribution in [0.3, 0.4) is 0 Å². The number of rotatable bonds is 9. The van der Waals surface area contributed by atoms with Crippen molar-refractivity contribution in [3.05, 3.63) is 59.2 Å². The Kier molecular flexibility index (Phi) is 8.62. The lowest BCUT2D eigenvalue weighted by Crippen LogP contribution is -2.38. The van der Waals surface area contributed by atoms with E-state index in [9.17, 15) is 0 Å². The van der Waals surface area contributed by atoms with Crippen molar-refractivity contribution in [3.8, 4) is 11.5 Å². The van der Waals surface area contributed by atoms with Crippen LogP contribution in [0.1, 0.15) is 23.6 Å². The summed E-state index contributed by atoms with van der Waals surface area (Å²) in [6.45, 7) is 6.46. The first-order valence-corrected chi connectivity index (χ1v) is 9.53. The molecule has 2 N–H and O–H groups in total. The monoisotopic (exact) mass is 385 g/mol. The van der Waals surface area contributed by atoms with Crippen molar-refractivity contribution < 1.29 is 14.6 Å². The summed E-state index contributed by atoms with van der Waals surface area (Å²) in [5, 5.41) is 12.3.